The molecule has 2 aromatic heterocycles. The highest BCUT2D eigenvalue weighted by atomic mass is 35.5. The van der Waals surface area contributed by atoms with Gasteiger partial charge in [-0.2, -0.15) is 23.4 Å². The fourth-order valence-corrected chi connectivity index (χ4v) is 3.88. The Hall–Kier alpha value is -3.01. The zero-order valence-electron chi connectivity index (χ0n) is 16.7. The van der Waals surface area contributed by atoms with Crippen molar-refractivity contribution in [1.82, 2.24) is 24.9 Å². The first kappa shape index (κ1) is 21.2. The van der Waals surface area contributed by atoms with Crippen LogP contribution < -0.4 is 10.6 Å². The molecule has 0 aliphatic carbocycles. The summed E-state index contributed by atoms with van der Waals surface area (Å²) in [7, 11) is 1.77. The molecule has 0 spiro atoms. The van der Waals surface area contributed by atoms with Crippen LogP contribution in [-0.2, 0) is 13.6 Å². The molecule has 2 unspecified atom stereocenters. The van der Waals surface area contributed by atoms with Gasteiger partial charge in [0.25, 0.3) is 5.91 Å². The topological polar surface area (TPSA) is 76.8 Å². The van der Waals surface area contributed by atoms with Crippen molar-refractivity contribution >= 4 is 23.3 Å². The van der Waals surface area contributed by atoms with Crippen molar-refractivity contribution < 1.29 is 18.0 Å². The van der Waals surface area contributed by atoms with Crippen LogP contribution in [0.5, 0.6) is 0 Å². The van der Waals surface area contributed by atoms with Crippen LogP contribution in [0.15, 0.2) is 36.5 Å². The normalized spacial score (nSPS) is 18.4. The van der Waals surface area contributed by atoms with Gasteiger partial charge in [-0.15, -0.1) is 0 Å². The number of nitrogens with zero attached hydrogens (tertiary/aromatic N) is 4. The first-order chi connectivity index (χ1) is 14.7. The van der Waals surface area contributed by atoms with Gasteiger partial charge in [-0.05, 0) is 12.5 Å². The van der Waals surface area contributed by atoms with Gasteiger partial charge in [0.1, 0.15) is 10.8 Å². The van der Waals surface area contributed by atoms with Crippen LogP contribution in [0.3, 0.4) is 0 Å². The predicted octanol–water partition coefficient (Wildman–Crippen LogP) is 4.17. The number of rotatable bonds is 4. The van der Waals surface area contributed by atoms with Crippen molar-refractivity contribution in [1.29, 1.82) is 0 Å². The highest BCUT2D eigenvalue weighted by Gasteiger charge is 2.47. The van der Waals surface area contributed by atoms with Gasteiger partial charge in [-0.1, -0.05) is 41.9 Å². The average Bonchev–Trinajstić information content (AvgIpc) is 3.25. The molecule has 4 rings (SSSR count). The number of hydrogen-bond acceptors (Lipinski definition) is 4. The van der Waals surface area contributed by atoms with Gasteiger partial charge in [0, 0.05) is 31.3 Å². The quantitative estimate of drug-likeness (QED) is 0.623. The lowest BCUT2D eigenvalue weighted by molar-refractivity contribution is -0.173. The summed E-state index contributed by atoms with van der Waals surface area (Å²) in [5.41, 5.74) is 2.08. The summed E-state index contributed by atoms with van der Waals surface area (Å²) in [5.74, 6) is -0.680. The van der Waals surface area contributed by atoms with E-state index in [0.29, 0.717) is 5.56 Å². The molecular formula is C20H20ClF3N6O. The Labute approximate surface area is 181 Å². The van der Waals surface area contributed by atoms with Crippen LogP contribution in [0.2, 0.25) is 5.02 Å². The van der Waals surface area contributed by atoms with Gasteiger partial charge in [-0.25, -0.2) is 4.68 Å². The maximum atomic E-state index is 13.8. The van der Waals surface area contributed by atoms with Crippen molar-refractivity contribution in [3.63, 3.8) is 0 Å². The molecular weight excluding hydrogens is 433 g/mol. The van der Waals surface area contributed by atoms with Crippen molar-refractivity contribution in [2.45, 2.75) is 38.1 Å². The summed E-state index contributed by atoms with van der Waals surface area (Å²) in [6.07, 6.45) is -3.21. The number of aromatic nitrogens is 4. The lowest BCUT2D eigenvalue weighted by Crippen LogP contribution is -2.35. The Morgan fingerprint density at radius 1 is 1.32 bits per heavy atom. The first-order valence-corrected chi connectivity index (χ1v) is 9.96. The number of carbonyl (C=O) groups is 1. The van der Waals surface area contributed by atoms with Crippen LogP contribution in [-0.4, -0.2) is 31.6 Å². The molecule has 7 nitrogen and oxygen atoms in total. The number of carbonyl (C=O) groups excluding carboxylic acids is 1. The SMILES string of the molecule is Cc1c(CNC(=O)c2nn3c(c2Cl)NC(c2ccccc2)CC3C(F)(F)F)cnn1C. The van der Waals surface area contributed by atoms with Crippen molar-refractivity contribution in [3.05, 3.63) is 64.1 Å². The van der Waals surface area contributed by atoms with Crippen LogP contribution >= 0.6 is 11.6 Å². The second-order valence-corrected chi connectivity index (χ2v) is 7.80. The van der Waals surface area contributed by atoms with Crippen molar-refractivity contribution in [3.8, 4) is 0 Å². The van der Waals surface area contributed by atoms with Crippen LogP contribution in [0.25, 0.3) is 0 Å². The van der Waals surface area contributed by atoms with Gasteiger partial charge in [0.2, 0.25) is 0 Å². The van der Waals surface area contributed by atoms with Gasteiger partial charge in [-0.3, -0.25) is 9.48 Å². The Kier molecular flexibility index (Phi) is 5.42. The molecule has 1 aliphatic rings. The van der Waals surface area contributed by atoms with E-state index in [9.17, 15) is 18.0 Å². The molecule has 0 bridgehead atoms. The van der Waals surface area contributed by atoms with E-state index in [1.165, 1.54) is 0 Å². The molecule has 31 heavy (non-hydrogen) atoms. The third kappa shape index (κ3) is 3.99. The second kappa shape index (κ2) is 7.92. The van der Waals surface area contributed by atoms with Crippen LogP contribution in [0.4, 0.5) is 19.0 Å². The van der Waals surface area contributed by atoms with Crippen molar-refractivity contribution in [2.75, 3.05) is 5.32 Å². The standard InChI is InChI=1S/C20H20ClF3N6O/c1-11-13(10-26-29(11)2)9-25-19(31)17-16(21)18-27-14(12-6-4-3-5-7-12)8-15(20(22,23)24)30(18)28-17/h3-7,10,14-15,27H,8-9H2,1-2H3,(H,25,31). The summed E-state index contributed by atoms with van der Waals surface area (Å²) in [6.45, 7) is 2.00. The van der Waals surface area contributed by atoms with Gasteiger partial charge in [0.15, 0.2) is 11.7 Å². The van der Waals surface area contributed by atoms with E-state index < -0.39 is 24.2 Å². The van der Waals surface area contributed by atoms with E-state index in [2.05, 4.69) is 20.8 Å². The molecule has 3 aromatic rings. The van der Waals surface area contributed by atoms with Crippen molar-refractivity contribution in [2.24, 2.45) is 7.05 Å². The molecule has 0 saturated carbocycles. The highest BCUT2D eigenvalue weighted by molar-refractivity contribution is 6.36. The smallest absolute Gasteiger partial charge is 0.362 e. The zero-order valence-corrected chi connectivity index (χ0v) is 17.5. The molecule has 2 atom stereocenters. The Morgan fingerprint density at radius 3 is 2.65 bits per heavy atom. The molecule has 3 heterocycles. The van der Waals surface area contributed by atoms with Gasteiger partial charge < -0.3 is 10.6 Å². The number of aryl methyl sites for hydroxylation is 1. The highest BCUT2D eigenvalue weighted by Crippen LogP contribution is 2.46. The molecule has 0 radical (unpaired) electrons. The Morgan fingerprint density at radius 2 is 2.03 bits per heavy atom. The maximum Gasteiger partial charge on any atom is 0.410 e. The molecule has 164 valence electrons. The Balaban J connectivity index is 1.63. The number of hydrogen-bond donors (Lipinski definition) is 2. The van der Waals surface area contributed by atoms with Crippen LogP contribution in [0, 0.1) is 6.92 Å². The zero-order chi connectivity index (χ0) is 22.3. The second-order valence-electron chi connectivity index (χ2n) is 7.42. The van der Waals surface area contributed by atoms with Gasteiger partial charge >= 0.3 is 6.18 Å². The molecule has 1 aromatic carbocycles. The van der Waals surface area contributed by atoms with E-state index in [4.69, 9.17) is 11.6 Å². The summed E-state index contributed by atoms with van der Waals surface area (Å²) >= 11 is 6.33. The minimum absolute atomic E-state index is 0.0215. The first-order valence-electron chi connectivity index (χ1n) is 9.58. The molecule has 2 N–H and O–H groups in total. The van der Waals surface area contributed by atoms with E-state index in [-0.39, 0.29) is 29.5 Å². The summed E-state index contributed by atoms with van der Waals surface area (Å²) in [4.78, 5) is 12.7. The molecule has 1 aliphatic heterocycles. The van der Waals surface area contributed by atoms with Crippen LogP contribution in [0.1, 0.15) is 45.8 Å². The number of alkyl halides is 3. The minimum atomic E-state index is -4.56. The number of halogens is 4. The third-order valence-corrected chi connectivity index (χ3v) is 5.85. The van der Waals surface area contributed by atoms with E-state index in [1.807, 2.05) is 6.92 Å². The third-order valence-electron chi connectivity index (χ3n) is 5.49. The Bertz CT molecular complexity index is 1110. The number of anilines is 1. The number of benzene rings is 1. The molecule has 0 fully saturated rings. The fourth-order valence-electron chi connectivity index (χ4n) is 3.62. The maximum absolute atomic E-state index is 13.8. The molecule has 1 amide bonds. The van der Waals surface area contributed by atoms with E-state index in [0.717, 1.165) is 15.9 Å². The van der Waals surface area contributed by atoms with Gasteiger partial charge in [0.05, 0.1) is 12.2 Å². The number of nitrogens with one attached hydrogen (secondary N) is 2. The summed E-state index contributed by atoms with van der Waals surface area (Å²) in [6, 6.07) is 6.26. The molecule has 11 heteroatoms. The predicted molar refractivity (Wildman–Crippen MR) is 109 cm³/mol. The molecule has 0 saturated heterocycles. The minimum Gasteiger partial charge on any atom is -0.362 e. The average molecular weight is 453 g/mol. The fraction of sp³-hybridized carbons (Fsp3) is 0.350. The summed E-state index contributed by atoms with van der Waals surface area (Å²) < 4.78 is 43.9. The lowest BCUT2D eigenvalue weighted by Gasteiger charge is -2.33. The lowest BCUT2D eigenvalue weighted by atomic mass is 9.97. The largest absolute Gasteiger partial charge is 0.410 e. The monoisotopic (exact) mass is 452 g/mol. The van der Waals surface area contributed by atoms with E-state index >= 15 is 0 Å². The number of fused-ring (bicyclic) bond motifs is 1. The van der Waals surface area contributed by atoms with E-state index in [1.54, 1.807) is 48.3 Å². The number of amides is 1. The summed E-state index contributed by atoms with van der Waals surface area (Å²) in [5, 5.41) is 13.6.